The molecule has 0 N–H and O–H groups in total. The van der Waals surface area contributed by atoms with Crippen molar-refractivity contribution in [3.05, 3.63) is 65.5 Å². The number of terminal acetylenes is 1. The van der Waals surface area contributed by atoms with E-state index in [0.717, 1.165) is 36.4 Å². The fourth-order valence-electron chi connectivity index (χ4n) is 2.15. The zero-order chi connectivity index (χ0) is 19.5. The molecule has 0 radical (unpaired) electrons. The second kappa shape index (κ2) is 7.17. The zero-order valence-corrected chi connectivity index (χ0v) is 13.8. The summed E-state index contributed by atoms with van der Waals surface area (Å²) in [6, 6.07) is 7.42. The predicted octanol–water partition coefficient (Wildman–Crippen LogP) is 3.31. The Morgan fingerprint density at radius 2 is 1.77 bits per heavy atom. The van der Waals surface area contributed by atoms with E-state index in [1.807, 2.05) is 5.92 Å². The van der Waals surface area contributed by atoms with Crippen molar-refractivity contribution in [1.29, 1.82) is 0 Å². The average Bonchev–Trinajstić information content (AvgIpc) is 2.58. The molecule has 0 saturated heterocycles. The molecule has 2 aromatic rings. The lowest BCUT2D eigenvalue weighted by atomic mass is 10.1. The van der Waals surface area contributed by atoms with E-state index in [2.05, 4.69) is 0 Å². The maximum atomic E-state index is 13.3. The van der Waals surface area contributed by atoms with Crippen LogP contribution in [-0.2, 0) is 16.2 Å². The second-order valence-electron chi connectivity index (χ2n) is 5.02. The number of amides is 1. The van der Waals surface area contributed by atoms with Crippen molar-refractivity contribution < 1.29 is 30.8 Å². The van der Waals surface area contributed by atoms with Crippen molar-refractivity contribution >= 4 is 15.9 Å². The second-order valence-corrected chi connectivity index (χ2v) is 6.88. The van der Waals surface area contributed by atoms with Crippen LogP contribution in [0.5, 0.6) is 0 Å². The lowest BCUT2D eigenvalue weighted by Crippen LogP contribution is -2.38. The molecule has 0 aliphatic heterocycles. The van der Waals surface area contributed by atoms with E-state index in [0.29, 0.717) is 12.1 Å². The van der Waals surface area contributed by atoms with E-state index in [-0.39, 0.29) is 4.31 Å². The number of nitrogens with zero attached hydrogens (tertiary/aromatic N) is 1. The zero-order valence-electron chi connectivity index (χ0n) is 13.0. The Kier molecular flexibility index (Phi) is 5.37. The highest BCUT2D eigenvalue weighted by molar-refractivity contribution is 7.89. The molecule has 26 heavy (non-hydrogen) atoms. The van der Waals surface area contributed by atoms with E-state index in [4.69, 9.17) is 6.42 Å². The molecule has 4 nitrogen and oxygen atoms in total. The molecule has 0 spiro atoms. The van der Waals surface area contributed by atoms with E-state index >= 15 is 0 Å². The number of alkyl halides is 3. The summed E-state index contributed by atoms with van der Waals surface area (Å²) in [5.41, 5.74) is -2.18. The standard InChI is InChI=1S/C17H11F4NO3S/c1-2-10-22(26(24,25)13-7-5-6-12(18)11-13)16(23)14-8-3-4-9-15(14)17(19,20)21/h1,3-9,11H,10H2. The first kappa shape index (κ1) is 19.5. The van der Waals surface area contributed by atoms with Gasteiger partial charge >= 0.3 is 6.18 Å². The molecule has 0 bridgehead atoms. The van der Waals surface area contributed by atoms with Crippen molar-refractivity contribution in [2.75, 3.05) is 6.54 Å². The van der Waals surface area contributed by atoms with Gasteiger partial charge in [-0.25, -0.2) is 17.1 Å². The van der Waals surface area contributed by atoms with Crippen LogP contribution in [-0.4, -0.2) is 25.2 Å². The first-order chi connectivity index (χ1) is 12.1. The van der Waals surface area contributed by atoms with Crippen LogP contribution in [0.1, 0.15) is 15.9 Å². The number of halogens is 4. The molecule has 0 aliphatic carbocycles. The fourth-order valence-corrected chi connectivity index (χ4v) is 3.48. The number of hydrogen-bond acceptors (Lipinski definition) is 3. The molecule has 136 valence electrons. The minimum Gasteiger partial charge on any atom is -0.268 e. The molecule has 2 aromatic carbocycles. The largest absolute Gasteiger partial charge is 0.417 e. The SMILES string of the molecule is C#CCN(C(=O)c1ccccc1C(F)(F)F)S(=O)(=O)c1cccc(F)c1. The summed E-state index contributed by atoms with van der Waals surface area (Å²) in [6.07, 6.45) is 0.191. The first-order valence-electron chi connectivity index (χ1n) is 7.01. The van der Waals surface area contributed by atoms with Gasteiger partial charge in [0.15, 0.2) is 0 Å². The third kappa shape index (κ3) is 3.86. The molecular weight excluding hydrogens is 374 g/mol. The maximum Gasteiger partial charge on any atom is 0.417 e. The maximum absolute atomic E-state index is 13.3. The summed E-state index contributed by atoms with van der Waals surface area (Å²) >= 11 is 0. The van der Waals surface area contributed by atoms with Gasteiger partial charge in [-0.3, -0.25) is 4.79 Å². The highest BCUT2D eigenvalue weighted by Gasteiger charge is 2.38. The minimum atomic E-state index is -4.88. The summed E-state index contributed by atoms with van der Waals surface area (Å²) in [5.74, 6) is -0.434. The normalized spacial score (nSPS) is 11.7. The van der Waals surface area contributed by atoms with Gasteiger partial charge in [-0.05, 0) is 30.3 Å². The lowest BCUT2D eigenvalue weighted by molar-refractivity contribution is -0.138. The van der Waals surface area contributed by atoms with Gasteiger partial charge in [0, 0.05) is 0 Å². The van der Waals surface area contributed by atoms with Crippen molar-refractivity contribution in [1.82, 2.24) is 4.31 Å². The minimum absolute atomic E-state index is 0.104. The number of carbonyl (C=O) groups is 1. The lowest BCUT2D eigenvalue weighted by Gasteiger charge is -2.22. The van der Waals surface area contributed by atoms with Gasteiger partial charge in [0.1, 0.15) is 5.82 Å². The van der Waals surface area contributed by atoms with Crippen LogP contribution in [0.3, 0.4) is 0 Å². The van der Waals surface area contributed by atoms with Crippen LogP contribution < -0.4 is 0 Å². The Bertz CT molecular complexity index is 978. The fraction of sp³-hybridized carbons (Fsp3) is 0.118. The topological polar surface area (TPSA) is 54.5 Å². The Hall–Kier alpha value is -2.86. The van der Waals surface area contributed by atoms with Gasteiger partial charge in [0.2, 0.25) is 0 Å². The molecule has 0 fully saturated rings. The summed E-state index contributed by atoms with van der Waals surface area (Å²) in [5, 5.41) is 0. The highest BCUT2D eigenvalue weighted by Crippen LogP contribution is 2.33. The molecule has 0 atom stereocenters. The van der Waals surface area contributed by atoms with Gasteiger partial charge in [0.25, 0.3) is 15.9 Å². The van der Waals surface area contributed by atoms with Crippen LogP contribution in [0.2, 0.25) is 0 Å². The molecular formula is C17H11F4NO3S. The highest BCUT2D eigenvalue weighted by atomic mass is 32.2. The molecule has 0 saturated carbocycles. The Labute approximate surface area is 147 Å². The van der Waals surface area contributed by atoms with Gasteiger partial charge < -0.3 is 0 Å². The summed E-state index contributed by atoms with van der Waals surface area (Å²) in [7, 11) is -4.66. The third-order valence-corrected chi connectivity index (χ3v) is 5.03. The first-order valence-corrected chi connectivity index (χ1v) is 8.45. The van der Waals surface area contributed by atoms with Gasteiger partial charge in [-0.1, -0.05) is 24.1 Å². The summed E-state index contributed by atoms with van der Waals surface area (Å²) < 4.78 is 78.0. The number of carbonyl (C=O) groups excluding carboxylic acids is 1. The van der Waals surface area contributed by atoms with E-state index in [1.165, 1.54) is 0 Å². The van der Waals surface area contributed by atoms with Crippen molar-refractivity contribution in [3.8, 4) is 12.3 Å². The van der Waals surface area contributed by atoms with Crippen LogP contribution in [0, 0.1) is 18.2 Å². The number of sulfonamides is 1. The third-order valence-electron chi connectivity index (χ3n) is 3.31. The van der Waals surface area contributed by atoms with Crippen molar-refractivity contribution in [3.63, 3.8) is 0 Å². The predicted molar refractivity (Wildman–Crippen MR) is 84.9 cm³/mol. The summed E-state index contributed by atoms with van der Waals surface area (Å²) in [4.78, 5) is 12.0. The molecule has 9 heteroatoms. The molecule has 1 amide bonds. The van der Waals surface area contributed by atoms with E-state index in [9.17, 15) is 30.8 Å². The Morgan fingerprint density at radius 3 is 2.35 bits per heavy atom. The van der Waals surface area contributed by atoms with E-state index in [1.54, 1.807) is 0 Å². The van der Waals surface area contributed by atoms with Crippen LogP contribution in [0.15, 0.2) is 53.4 Å². The van der Waals surface area contributed by atoms with E-state index < -0.39 is 50.5 Å². The molecule has 0 aliphatic rings. The molecule has 0 heterocycles. The Morgan fingerprint density at radius 1 is 1.12 bits per heavy atom. The van der Waals surface area contributed by atoms with Gasteiger partial charge in [0.05, 0.1) is 22.6 Å². The van der Waals surface area contributed by atoms with Gasteiger partial charge in [-0.2, -0.15) is 13.2 Å². The van der Waals surface area contributed by atoms with Crippen LogP contribution >= 0.6 is 0 Å². The number of hydrogen-bond donors (Lipinski definition) is 0. The average molecular weight is 385 g/mol. The monoisotopic (exact) mass is 385 g/mol. The summed E-state index contributed by atoms with van der Waals surface area (Å²) in [6.45, 7) is -0.816. The smallest absolute Gasteiger partial charge is 0.268 e. The van der Waals surface area contributed by atoms with Crippen molar-refractivity contribution in [2.45, 2.75) is 11.1 Å². The molecule has 0 aromatic heterocycles. The number of benzene rings is 2. The molecule has 2 rings (SSSR count). The Balaban J connectivity index is 2.59. The van der Waals surface area contributed by atoms with Crippen molar-refractivity contribution in [2.24, 2.45) is 0 Å². The van der Waals surface area contributed by atoms with Gasteiger partial charge in [-0.15, -0.1) is 6.42 Å². The van der Waals surface area contributed by atoms with Crippen LogP contribution in [0.25, 0.3) is 0 Å². The quantitative estimate of drug-likeness (QED) is 0.599. The molecule has 0 unspecified atom stereocenters. The number of rotatable bonds is 4. The van der Waals surface area contributed by atoms with Crippen LogP contribution in [0.4, 0.5) is 17.6 Å².